The minimum absolute atomic E-state index is 0.0673. The van der Waals surface area contributed by atoms with Crippen LogP contribution in [-0.4, -0.2) is 72.8 Å². The molecule has 1 aromatic rings. The zero-order valence-electron chi connectivity index (χ0n) is 23.4. The number of hydrogen-bond donors (Lipinski definition) is 2. The number of nitrogens with one attached hydrogen (secondary N) is 2. The summed E-state index contributed by atoms with van der Waals surface area (Å²) in [6, 6.07) is 6.33. The molecule has 3 aliphatic heterocycles. The molecule has 212 valence electrons. The van der Waals surface area contributed by atoms with Crippen LogP contribution in [0.25, 0.3) is 0 Å². The molecule has 3 heterocycles. The summed E-state index contributed by atoms with van der Waals surface area (Å²) < 4.78 is 17.4. The van der Waals surface area contributed by atoms with Gasteiger partial charge in [-0.1, -0.05) is 38.0 Å². The molecule has 3 amide bonds. The Morgan fingerprint density at radius 1 is 1.21 bits per heavy atom. The van der Waals surface area contributed by atoms with E-state index < -0.39 is 29.6 Å². The third-order valence-corrected chi connectivity index (χ3v) is 8.70. The molecule has 7 atom stereocenters. The second kappa shape index (κ2) is 11.3. The van der Waals surface area contributed by atoms with Crippen molar-refractivity contribution in [2.45, 2.75) is 82.8 Å². The van der Waals surface area contributed by atoms with E-state index in [1.807, 2.05) is 26.0 Å². The zero-order chi connectivity index (χ0) is 27.7. The summed E-state index contributed by atoms with van der Waals surface area (Å²) in [5.74, 6) is -1.24. The first-order valence-electron chi connectivity index (χ1n) is 14.3. The molecule has 1 aliphatic carbocycles. The van der Waals surface area contributed by atoms with Crippen LogP contribution in [0.15, 0.2) is 36.4 Å². The van der Waals surface area contributed by atoms with Gasteiger partial charge in [-0.05, 0) is 51.2 Å². The molecule has 1 spiro atoms. The molecule has 0 radical (unpaired) electrons. The second-order valence-corrected chi connectivity index (χ2v) is 11.6. The van der Waals surface area contributed by atoms with E-state index in [0.717, 1.165) is 19.3 Å². The van der Waals surface area contributed by atoms with E-state index in [0.29, 0.717) is 36.9 Å². The monoisotopic (exact) mass is 539 g/mol. The van der Waals surface area contributed by atoms with Crippen LogP contribution < -0.4 is 15.4 Å². The van der Waals surface area contributed by atoms with Crippen molar-refractivity contribution in [2.24, 2.45) is 17.8 Å². The Morgan fingerprint density at radius 3 is 2.74 bits per heavy atom. The fourth-order valence-corrected chi connectivity index (χ4v) is 6.78. The number of nitrogens with zero attached hydrogens (tertiary/aromatic N) is 1. The quantitative estimate of drug-likeness (QED) is 0.349. The summed E-state index contributed by atoms with van der Waals surface area (Å²) in [6.07, 6.45) is 8.04. The summed E-state index contributed by atoms with van der Waals surface area (Å²) in [5, 5.41) is 6.21. The number of anilines is 1. The van der Waals surface area contributed by atoms with Crippen LogP contribution >= 0.6 is 0 Å². The number of methoxy groups -OCH3 is 1. The van der Waals surface area contributed by atoms with E-state index in [2.05, 4.69) is 17.6 Å². The van der Waals surface area contributed by atoms with Gasteiger partial charge in [0.25, 0.3) is 0 Å². The number of benzene rings is 1. The van der Waals surface area contributed by atoms with Gasteiger partial charge in [0.05, 0.1) is 31.2 Å². The van der Waals surface area contributed by atoms with Crippen molar-refractivity contribution < 1.29 is 28.6 Å². The smallest absolute Gasteiger partial charge is 0.246 e. The second-order valence-electron chi connectivity index (χ2n) is 11.6. The highest BCUT2D eigenvalue weighted by atomic mass is 16.5. The van der Waals surface area contributed by atoms with Crippen LogP contribution in [-0.2, 0) is 23.9 Å². The highest BCUT2D eigenvalue weighted by Crippen LogP contribution is 2.55. The lowest BCUT2D eigenvalue weighted by molar-refractivity contribution is -0.141. The summed E-state index contributed by atoms with van der Waals surface area (Å²) in [6.45, 7) is 6.94. The standard InChI is InChI=1S/C30H41N3O6/c1-18(2)38-16-8-15-33-26(28(35)32-22-12-6-5-9-19(22)3)30-14-13-23(39-30)24(25(30)29(33)36)27(34)31-20-10-7-11-21(17-20)37-4/h7,10-11,13-14,17-19,22-26H,5-6,8-9,12,15-16H2,1-4H3,(H,31,34)(H,32,35). The molecule has 1 aromatic carbocycles. The van der Waals surface area contributed by atoms with Gasteiger partial charge in [0, 0.05) is 30.9 Å². The van der Waals surface area contributed by atoms with E-state index in [4.69, 9.17) is 14.2 Å². The minimum atomic E-state index is -1.17. The van der Waals surface area contributed by atoms with Crippen molar-refractivity contribution >= 4 is 23.4 Å². The number of fused-ring (bicyclic) bond motifs is 1. The number of likely N-dealkylation sites (tertiary alicyclic amines) is 1. The molecular weight excluding hydrogens is 498 g/mol. The molecule has 1 saturated carbocycles. The predicted octanol–water partition coefficient (Wildman–Crippen LogP) is 3.29. The van der Waals surface area contributed by atoms with Crippen molar-refractivity contribution in [3.8, 4) is 5.75 Å². The predicted molar refractivity (Wildman–Crippen MR) is 146 cm³/mol. The maximum absolute atomic E-state index is 14.0. The van der Waals surface area contributed by atoms with Gasteiger partial charge in [-0.25, -0.2) is 0 Å². The van der Waals surface area contributed by atoms with Gasteiger partial charge in [0.2, 0.25) is 17.7 Å². The van der Waals surface area contributed by atoms with Crippen LogP contribution in [0.2, 0.25) is 0 Å². The molecule has 2 bridgehead atoms. The highest BCUT2D eigenvalue weighted by molar-refractivity contribution is 6.02. The Kier molecular flexibility index (Phi) is 8.01. The maximum Gasteiger partial charge on any atom is 0.246 e. The Labute approximate surface area is 230 Å². The fraction of sp³-hybridized carbons (Fsp3) is 0.633. The Morgan fingerprint density at radius 2 is 2.00 bits per heavy atom. The van der Waals surface area contributed by atoms with E-state index in [1.165, 1.54) is 6.42 Å². The van der Waals surface area contributed by atoms with Gasteiger partial charge in [0.1, 0.15) is 17.4 Å². The topological polar surface area (TPSA) is 106 Å². The molecule has 7 unspecified atom stereocenters. The molecule has 2 saturated heterocycles. The average molecular weight is 540 g/mol. The summed E-state index contributed by atoms with van der Waals surface area (Å²) in [4.78, 5) is 43.2. The third-order valence-electron chi connectivity index (χ3n) is 8.70. The first-order valence-corrected chi connectivity index (χ1v) is 14.3. The van der Waals surface area contributed by atoms with Crippen molar-refractivity contribution in [1.29, 1.82) is 0 Å². The zero-order valence-corrected chi connectivity index (χ0v) is 23.4. The van der Waals surface area contributed by atoms with Crippen LogP contribution in [0.1, 0.15) is 52.9 Å². The lowest BCUT2D eigenvalue weighted by atomic mass is 9.74. The lowest BCUT2D eigenvalue weighted by Crippen LogP contribution is -2.57. The molecule has 9 nitrogen and oxygen atoms in total. The summed E-state index contributed by atoms with van der Waals surface area (Å²) >= 11 is 0. The van der Waals surface area contributed by atoms with Gasteiger partial charge in [-0.3, -0.25) is 14.4 Å². The average Bonchev–Trinajstić information content (AvgIpc) is 3.55. The van der Waals surface area contributed by atoms with Gasteiger partial charge < -0.3 is 29.7 Å². The summed E-state index contributed by atoms with van der Waals surface area (Å²) in [5.41, 5.74) is -0.590. The van der Waals surface area contributed by atoms with Crippen molar-refractivity contribution in [3.63, 3.8) is 0 Å². The van der Waals surface area contributed by atoms with Gasteiger partial charge in [0.15, 0.2) is 0 Å². The van der Waals surface area contributed by atoms with Crippen LogP contribution in [0.3, 0.4) is 0 Å². The number of amides is 3. The van der Waals surface area contributed by atoms with Crippen LogP contribution in [0.4, 0.5) is 5.69 Å². The van der Waals surface area contributed by atoms with Crippen molar-refractivity contribution in [3.05, 3.63) is 36.4 Å². The molecule has 9 heteroatoms. The van der Waals surface area contributed by atoms with Crippen molar-refractivity contribution in [1.82, 2.24) is 10.2 Å². The number of rotatable bonds is 10. The SMILES string of the molecule is COc1cccc(NC(=O)C2C3C=CC4(O3)C2C(=O)N(CCCOC(C)C)C4C(=O)NC2CCCCC2C)c1. The van der Waals surface area contributed by atoms with Gasteiger partial charge in [-0.2, -0.15) is 0 Å². The number of carbonyl (C=O) groups is 3. The molecular formula is C30H41N3O6. The van der Waals surface area contributed by atoms with E-state index in [1.54, 1.807) is 36.3 Å². The maximum atomic E-state index is 14.0. The van der Waals surface area contributed by atoms with E-state index >= 15 is 0 Å². The molecule has 39 heavy (non-hydrogen) atoms. The van der Waals surface area contributed by atoms with Gasteiger partial charge in [-0.15, -0.1) is 0 Å². The Bertz CT molecular complexity index is 1120. The normalized spacial score (nSPS) is 32.9. The Balaban J connectivity index is 1.40. The van der Waals surface area contributed by atoms with Crippen molar-refractivity contribution in [2.75, 3.05) is 25.6 Å². The largest absolute Gasteiger partial charge is 0.497 e. The highest BCUT2D eigenvalue weighted by Gasteiger charge is 2.72. The fourth-order valence-electron chi connectivity index (χ4n) is 6.78. The minimum Gasteiger partial charge on any atom is -0.497 e. The first kappa shape index (κ1) is 27.6. The van der Waals surface area contributed by atoms with Gasteiger partial charge >= 0.3 is 0 Å². The van der Waals surface area contributed by atoms with E-state index in [9.17, 15) is 14.4 Å². The third kappa shape index (κ3) is 5.18. The molecule has 5 rings (SSSR count). The van der Waals surface area contributed by atoms with E-state index in [-0.39, 0.29) is 29.9 Å². The summed E-state index contributed by atoms with van der Waals surface area (Å²) in [7, 11) is 1.57. The van der Waals surface area contributed by atoms with Crippen LogP contribution in [0.5, 0.6) is 5.75 Å². The number of ether oxygens (including phenoxy) is 3. The number of carbonyl (C=O) groups excluding carboxylic acids is 3. The lowest BCUT2D eigenvalue weighted by Gasteiger charge is -2.36. The molecule has 0 aromatic heterocycles. The molecule has 2 N–H and O–H groups in total. The Hall–Kier alpha value is -2.91. The molecule has 4 aliphatic rings. The molecule has 3 fully saturated rings. The van der Waals surface area contributed by atoms with Crippen LogP contribution in [0, 0.1) is 17.8 Å². The number of hydrogen-bond acceptors (Lipinski definition) is 6. The first-order chi connectivity index (χ1) is 18.7.